The normalized spacial score (nSPS) is 11.6. The second-order valence-electron chi connectivity index (χ2n) is 6.98. The highest BCUT2D eigenvalue weighted by Crippen LogP contribution is 2.38. The van der Waals surface area contributed by atoms with Crippen molar-refractivity contribution in [1.82, 2.24) is 9.55 Å². The van der Waals surface area contributed by atoms with Crippen molar-refractivity contribution in [2.45, 2.75) is 20.4 Å². The Balaban J connectivity index is 1.97. The van der Waals surface area contributed by atoms with Gasteiger partial charge in [0.05, 0.1) is 5.52 Å². The van der Waals surface area contributed by atoms with E-state index in [1.165, 1.54) is 49.3 Å². The maximum Gasteiger partial charge on any atom is 0.0533 e. The second kappa shape index (κ2) is 5.70. The lowest BCUT2D eigenvalue weighted by atomic mass is 9.97. The van der Waals surface area contributed by atoms with Crippen molar-refractivity contribution in [3.63, 3.8) is 0 Å². The molecule has 5 aromatic rings. The van der Waals surface area contributed by atoms with Crippen molar-refractivity contribution in [1.29, 1.82) is 0 Å². The molecule has 0 atom stereocenters. The number of aryl methyl sites for hydroxylation is 2. The van der Waals surface area contributed by atoms with E-state index in [1.807, 2.05) is 12.4 Å². The Labute approximate surface area is 152 Å². The fourth-order valence-electron chi connectivity index (χ4n) is 4.29. The van der Waals surface area contributed by atoms with Crippen LogP contribution in [0.15, 0.2) is 73.1 Å². The number of rotatable bonds is 2. The Bertz CT molecular complexity index is 1260. The van der Waals surface area contributed by atoms with Gasteiger partial charge in [-0.1, -0.05) is 48.5 Å². The van der Waals surface area contributed by atoms with Gasteiger partial charge in [-0.2, -0.15) is 0 Å². The van der Waals surface area contributed by atoms with Gasteiger partial charge < -0.3 is 4.57 Å². The van der Waals surface area contributed by atoms with Gasteiger partial charge in [0.2, 0.25) is 0 Å². The van der Waals surface area contributed by atoms with Gasteiger partial charge >= 0.3 is 0 Å². The fraction of sp³-hybridized carbons (Fsp3) is 0.125. The van der Waals surface area contributed by atoms with Crippen LogP contribution in [-0.4, -0.2) is 9.55 Å². The molecule has 126 valence electrons. The largest absolute Gasteiger partial charge is 0.336 e. The quantitative estimate of drug-likeness (QED) is 0.386. The van der Waals surface area contributed by atoms with Crippen LogP contribution >= 0.6 is 0 Å². The summed E-state index contributed by atoms with van der Waals surface area (Å²) < 4.78 is 2.47. The first-order valence-corrected chi connectivity index (χ1v) is 9.03. The van der Waals surface area contributed by atoms with E-state index in [0.717, 1.165) is 6.54 Å². The van der Waals surface area contributed by atoms with Crippen molar-refractivity contribution in [2.75, 3.05) is 0 Å². The van der Waals surface area contributed by atoms with E-state index >= 15 is 0 Å². The van der Waals surface area contributed by atoms with Crippen molar-refractivity contribution < 1.29 is 0 Å². The Kier molecular flexibility index (Phi) is 3.32. The van der Waals surface area contributed by atoms with Gasteiger partial charge in [-0.05, 0) is 48.1 Å². The Morgan fingerprint density at radius 1 is 0.769 bits per heavy atom. The lowest BCUT2D eigenvalue weighted by molar-refractivity contribution is 0.867. The highest BCUT2D eigenvalue weighted by atomic mass is 15.0. The number of fused-ring (bicyclic) bond motifs is 4. The molecule has 0 N–H and O–H groups in total. The first kappa shape index (κ1) is 15.2. The number of hydrogen-bond acceptors (Lipinski definition) is 1. The molecule has 0 aliphatic carbocycles. The zero-order valence-electron chi connectivity index (χ0n) is 15.0. The summed E-state index contributed by atoms with van der Waals surface area (Å²) in [5.74, 6) is 0. The summed E-state index contributed by atoms with van der Waals surface area (Å²) in [4.78, 5) is 4.37. The lowest BCUT2D eigenvalue weighted by Crippen LogP contribution is -2.01. The molecule has 2 nitrogen and oxygen atoms in total. The van der Waals surface area contributed by atoms with E-state index in [9.17, 15) is 0 Å². The highest BCUT2D eigenvalue weighted by Gasteiger charge is 2.17. The predicted octanol–water partition coefficient (Wildman–Crippen LogP) is 6.01. The van der Waals surface area contributed by atoms with Crippen LogP contribution < -0.4 is 0 Å². The lowest BCUT2D eigenvalue weighted by Gasteiger charge is -2.13. The summed E-state index contributed by atoms with van der Waals surface area (Å²) in [6, 6.07) is 21.6. The molecule has 0 unspecified atom stereocenters. The van der Waals surface area contributed by atoms with E-state index in [1.54, 1.807) is 0 Å². The highest BCUT2D eigenvalue weighted by molar-refractivity contribution is 6.16. The molecule has 0 saturated heterocycles. The van der Waals surface area contributed by atoms with Crippen LogP contribution in [0.25, 0.3) is 32.6 Å². The Hall–Kier alpha value is -3.13. The molecule has 2 heterocycles. The zero-order valence-corrected chi connectivity index (χ0v) is 15.0. The molecule has 0 spiro atoms. The molecule has 2 heteroatoms. The molecule has 0 bridgehead atoms. The van der Waals surface area contributed by atoms with Crippen LogP contribution in [0.2, 0.25) is 0 Å². The van der Waals surface area contributed by atoms with Gasteiger partial charge in [0.1, 0.15) is 0 Å². The van der Waals surface area contributed by atoms with Crippen LogP contribution in [0.1, 0.15) is 16.7 Å². The SMILES string of the molecule is Cc1c2cnccc2c(C)c2c1c1ccccc1n2Cc1ccccc1. The van der Waals surface area contributed by atoms with E-state index < -0.39 is 0 Å². The van der Waals surface area contributed by atoms with Crippen molar-refractivity contribution in [2.24, 2.45) is 0 Å². The molecule has 26 heavy (non-hydrogen) atoms. The molecule has 3 aromatic carbocycles. The number of benzene rings is 3. The van der Waals surface area contributed by atoms with Gasteiger partial charge in [0, 0.05) is 40.6 Å². The molecule has 0 saturated carbocycles. The molecule has 2 aromatic heterocycles. The zero-order chi connectivity index (χ0) is 17.7. The second-order valence-corrected chi connectivity index (χ2v) is 6.98. The first-order chi connectivity index (χ1) is 12.8. The van der Waals surface area contributed by atoms with Crippen LogP contribution in [0, 0.1) is 13.8 Å². The summed E-state index contributed by atoms with van der Waals surface area (Å²) in [5, 5.41) is 5.22. The first-order valence-electron chi connectivity index (χ1n) is 9.03. The van der Waals surface area contributed by atoms with Crippen molar-refractivity contribution in [3.8, 4) is 0 Å². The maximum absolute atomic E-state index is 4.37. The average molecular weight is 336 g/mol. The summed E-state index contributed by atoms with van der Waals surface area (Å²) in [6.45, 7) is 5.34. The van der Waals surface area contributed by atoms with E-state index in [0.29, 0.717) is 0 Å². The van der Waals surface area contributed by atoms with Crippen molar-refractivity contribution in [3.05, 3.63) is 89.7 Å². The third-order valence-electron chi connectivity index (χ3n) is 5.51. The summed E-state index contributed by atoms with van der Waals surface area (Å²) in [6.07, 6.45) is 3.89. The monoisotopic (exact) mass is 336 g/mol. The summed E-state index contributed by atoms with van der Waals surface area (Å²) in [7, 11) is 0. The minimum absolute atomic E-state index is 0.877. The fourth-order valence-corrected chi connectivity index (χ4v) is 4.29. The van der Waals surface area contributed by atoms with Crippen LogP contribution in [0.4, 0.5) is 0 Å². The standard InChI is InChI=1S/C24H20N2/c1-16-21-14-25-13-12-19(21)17(2)24-23(16)20-10-6-7-11-22(20)26(24)15-18-8-4-3-5-9-18/h3-14H,15H2,1-2H3. The summed E-state index contributed by atoms with van der Waals surface area (Å²) in [5.41, 5.74) is 6.60. The summed E-state index contributed by atoms with van der Waals surface area (Å²) >= 11 is 0. The van der Waals surface area contributed by atoms with Crippen LogP contribution in [0.3, 0.4) is 0 Å². The van der Waals surface area contributed by atoms with E-state index in [-0.39, 0.29) is 0 Å². The molecule has 0 aliphatic rings. The number of para-hydroxylation sites is 1. The predicted molar refractivity (Wildman–Crippen MR) is 110 cm³/mol. The van der Waals surface area contributed by atoms with Gasteiger partial charge in [0.15, 0.2) is 0 Å². The molecular formula is C24H20N2. The minimum atomic E-state index is 0.877. The van der Waals surface area contributed by atoms with Gasteiger partial charge in [-0.25, -0.2) is 0 Å². The Morgan fingerprint density at radius 2 is 1.54 bits per heavy atom. The molecule has 0 radical (unpaired) electrons. The number of nitrogens with zero attached hydrogens (tertiary/aromatic N) is 2. The van der Waals surface area contributed by atoms with E-state index in [4.69, 9.17) is 0 Å². The molecule has 0 aliphatic heterocycles. The third kappa shape index (κ3) is 2.08. The third-order valence-corrected chi connectivity index (χ3v) is 5.51. The Morgan fingerprint density at radius 3 is 2.38 bits per heavy atom. The minimum Gasteiger partial charge on any atom is -0.336 e. The van der Waals surface area contributed by atoms with E-state index in [2.05, 4.69) is 84.1 Å². The van der Waals surface area contributed by atoms with Gasteiger partial charge in [-0.15, -0.1) is 0 Å². The smallest absolute Gasteiger partial charge is 0.0533 e. The molecular weight excluding hydrogens is 316 g/mol. The number of pyridine rings is 1. The van der Waals surface area contributed by atoms with Gasteiger partial charge in [-0.3, -0.25) is 4.98 Å². The van der Waals surface area contributed by atoms with Crippen LogP contribution in [-0.2, 0) is 6.54 Å². The maximum atomic E-state index is 4.37. The topological polar surface area (TPSA) is 17.8 Å². The number of aromatic nitrogens is 2. The molecule has 0 amide bonds. The molecule has 5 rings (SSSR count). The average Bonchev–Trinajstić information content (AvgIpc) is 3.02. The number of hydrogen-bond donors (Lipinski definition) is 0. The molecule has 0 fully saturated rings. The van der Waals surface area contributed by atoms with Gasteiger partial charge in [0.25, 0.3) is 0 Å². The van der Waals surface area contributed by atoms with Crippen molar-refractivity contribution >= 4 is 32.6 Å². The van der Waals surface area contributed by atoms with Crippen LogP contribution in [0.5, 0.6) is 0 Å².